The lowest BCUT2D eigenvalue weighted by Crippen LogP contribution is -2.07. The van der Waals surface area contributed by atoms with Crippen molar-refractivity contribution in [1.82, 2.24) is 0 Å². The van der Waals surface area contributed by atoms with E-state index in [2.05, 4.69) is 20.8 Å². The smallest absolute Gasteiger partial charge is 0.193 e. The molecule has 2 nitrogen and oxygen atoms in total. The first kappa shape index (κ1) is 11.6. The Morgan fingerprint density at radius 1 is 1.43 bits per heavy atom. The van der Waals surface area contributed by atoms with Crippen LogP contribution in [0.2, 0.25) is 5.22 Å². The van der Waals surface area contributed by atoms with Gasteiger partial charge in [0.1, 0.15) is 11.9 Å². The molecule has 0 aliphatic carbocycles. The Morgan fingerprint density at radius 2 is 2.07 bits per heavy atom. The third-order valence-electron chi connectivity index (χ3n) is 2.09. The maximum Gasteiger partial charge on any atom is 0.193 e. The largest absolute Gasteiger partial charge is 0.447 e. The van der Waals surface area contributed by atoms with Gasteiger partial charge in [0.2, 0.25) is 0 Å². The van der Waals surface area contributed by atoms with Crippen molar-refractivity contribution in [1.29, 1.82) is 0 Å². The minimum absolute atomic E-state index is 0.233. The van der Waals surface area contributed by atoms with Crippen molar-refractivity contribution in [3.8, 4) is 0 Å². The third-order valence-corrected chi connectivity index (χ3v) is 2.29. The zero-order valence-electron chi connectivity index (χ0n) is 8.88. The Bertz CT molecular complexity index is 286. The summed E-state index contributed by atoms with van der Waals surface area (Å²) in [7, 11) is 0. The third kappa shape index (κ3) is 3.72. The Morgan fingerprint density at radius 3 is 2.50 bits per heavy atom. The fourth-order valence-corrected chi connectivity index (χ4v) is 1.37. The molecule has 3 heteroatoms. The Kier molecular flexibility index (Phi) is 3.62. The minimum atomic E-state index is -0.540. The van der Waals surface area contributed by atoms with E-state index in [-0.39, 0.29) is 5.41 Å². The second kappa shape index (κ2) is 4.37. The van der Waals surface area contributed by atoms with Gasteiger partial charge in [0.25, 0.3) is 0 Å². The number of hydrogen-bond acceptors (Lipinski definition) is 2. The molecular weight excluding hydrogens is 200 g/mol. The predicted molar refractivity (Wildman–Crippen MR) is 57.4 cm³/mol. The Labute approximate surface area is 89.9 Å². The van der Waals surface area contributed by atoms with Crippen molar-refractivity contribution in [2.45, 2.75) is 39.7 Å². The molecule has 1 rings (SSSR count). The molecule has 14 heavy (non-hydrogen) atoms. The van der Waals surface area contributed by atoms with Crippen LogP contribution in [-0.4, -0.2) is 5.11 Å². The zero-order chi connectivity index (χ0) is 10.8. The van der Waals surface area contributed by atoms with E-state index in [4.69, 9.17) is 16.0 Å². The van der Waals surface area contributed by atoms with Crippen molar-refractivity contribution in [2.24, 2.45) is 5.41 Å². The maximum atomic E-state index is 9.74. The summed E-state index contributed by atoms with van der Waals surface area (Å²) in [5, 5.41) is 10.1. The van der Waals surface area contributed by atoms with Gasteiger partial charge in [-0.25, -0.2) is 0 Å². The van der Waals surface area contributed by atoms with E-state index < -0.39 is 6.10 Å². The summed E-state index contributed by atoms with van der Waals surface area (Å²) < 4.78 is 5.13. The highest BCUT2D eigenvalue weighted by Crippen LogP contribution is 2.28. The summed E-state index contributed by atoms with van der Waals surface area (Å²) >= 11 is 5.62. The highest BCUT2D eigenvalue weighted by Gasteiger charge is 2.16. The zero-order valence-corrected chi connectivity index (χ0v) is 9.64. The molecule has 0 fully saturated rings. The summed E-state index contributed by atoms with van der Waals surface area (Å²) in [4.78, 5) is 0. The first-order valence-corrected chi connectivity index (χ1v) is 5.19. The van der Waals surface area contributed by atoms with Gasteiger partial charge in [-0.15, -0.1) is 0 Å². The van der Waals surface area contributed by atoms with E-state index in [9.17, 15) is 5.11 Å². The van der Waals surface area contributed by atoms with Gasteiger partial charge in [0.05, 0.1) is 0 Å². The van der Waals surface area contributed by atoms with Gasteiger partial charge >= 0.3 is 0 Å². The van der Waals surface area contributed by atoms with Crippen LogP contribution in [0, 0.1) is 5.41 Å². The highest BCUT2D eigenvalue weighted by molar-refractivity contribution is 6.28. The first-order chi connectivity index (χ1) is 6.38. The van der Waals surface area contributed by atoms with Crippen LogP contribution in [0.3, 0.4) is 0 Å². The Balaban J connectivity index is 2.47. The molecular formula is C11H17ClO2. The summed E-state index contributed by atoms with van der Waals surface area (Å²) in [5.74, 6) is 0.555. The second-order valence-electron chi connectivity index (χ2n) is 4.76. The number of furan rings is 1. The van der Waals surface area contributed by atoms with E-state index in [1.54, 1.807) is 12.1 Å². The van der Waals surface area contributed by atoms with Crippen LogP contribution in [0.15, 0.2) is 16.5 Å². The van der Waals surface area contributed by atoms with E-state index >= 15 is 0 Å². The van der Waals surface area contributed by atoms with Crippen molar-refractivity contribution < 1.29 is 9.52 Å². The van der Waals surface area contributed by atoms with Crippen LogP contribution >= 0.6 is 11.6 Å². The van der Waals surface area contributed by atoms with E-state index in [1.807, 2.05) is 0 Å². The Hall–Kier alpha value is -0.470. The minimum Gasteiger partial charge on any atom is -0.447 e. The van der Waals surface area contributed by atoms with Gasteiger partial charge in [-0.1, -0.05) is 20.8 Å². The monoisotopic (exact) mass is 216 g/mol. The van der Waals surface area contributed by atoms with Crippen molar-refractivity contribution in [3.63, 3.8) is 0 Å². The van der Waals surface area contributed by atoms with Crippen LogP contribution in [0.4, 0.5) is 0 Å². The van der Waals surface area contributed by atoms with Crippen LogP contribution in [0.5, 0.6) is 0 Å². The SMILES string of the molecule is CC(C)(C)CCC(O)c1ccc(Cl)o1. The lowest BCUT2D eigenvalue weighted by atomic mass is 9.89. The molecule has 0 radical (unpaired) electrons. The van der Waals surface area contributed by atoms with E-state index in [0.29, 0.717) is 17.4 Å². The summed E-state index contributed by atoms with van der Waals surface area (Å²) in [6.45, 7) is 6.44. The van der Waals surface area contributed by atoms with Crippen molar-refractivity contribution >= 4 is 11.6 Å². The molecule has 1 atom stereocenters. The number of halogens is 1. The second-order valence-corrected chi connectivity index (χ2v) is 5.13. The summed E-state index contributed by atoms with van der Waals surface area (Å²) in [6, 6.07) is 3.37. The fourth-order valence-electron chi connectivity index (χ4n) is 1.22. The molecule has 0 aromatic carbocycles. The standard InChI is InChI=1S/C11H17ClO2/c1-11(2,3)7-6-8(13)9-4-5-10(12)14-9/h4-5,8,13H,6-7H2,1-3H3. The first-order valence-electron chi connectivity index (χ1n) is 4.82. The van der Waals surface area contributed by atoms with Crippen molar-refractivity contribution in [3.05, 3.63) is 23.1 Å². The van der Waals surface area contributed by atoms with Gasteiger partial charge in [0, 0.05) is 0 Å². The normalized spacial score (nSPS) is 14.4. The van der Waals surface area contributed by atoms with Crippen molar-refractivity contribution in [2.75, 3.05) is 0 Å². The molecule has 1 aromatic rings. The quantitative estimate of drug-likeness (QED) is 0.834. The number of aliphatic hydroxyl groups excluding tert-OH is 1. The van der Waals surface area contributed by atoms with Gasteiger partial charge in [-0.2, -0.15) is 0 Å². The molecule has 0 bridgehead atoms. The maximum absolute atomic E-state index is 9.74. The highest BCUT2D eigenvalue weighted by atomic mass is 35.5. The number of hydrogen-bond donors (Lipinski definition) is 1. The van der Waals surface area contributed by atoms with Gasteiger partial charge in [-0.05, 0) is 42.0 Å². The molecule has 1 aromatic heterocycles. The molecule has 80 valence electrons. The molecule has 0 aliphatic heterocycles. The van der Waals surface area contributed by atoms with E-state index in [1.165, 1.54) is 0 Å². The number of aliphatic hydroxyl groups is 1. The van der Waals surface area contributed by atoms with Crippen LogP contribution in [0.25, 0.3) is 0 Å². The molecule has 0 saturated heterocycles. The van der Waals surface area contributed by atoms with E-state index in [0.717, 1.165) is 6.42 Å². The van der Waals surface area contributed by atoms with Crippen LogP contribution < -0.4 is 0 Å². The molecule has 0 spiro atoms. The summed E-state index contributed by atoms with van der Waals surface area (Å²) in [5.41, 5.74) is 0.233. The average Bonchev–Trinajstić information content (AvgIpc) is 2.46. The topological polar surface area (TPSA) is 33.4 Å². The molecule has 1 unspecified atom stereocenters. The molecule has 1 N–H and O–H groups in total. The fraction of sp³-hybridized carbons (Fsp3) is 0.636. The van der Waals surface area contributed by atoms with Gasteiger partial charge < -0.3 is 9.52 Å². The van der Waals surface area contributed by atoms with Crippen LogP contribution in [0.1, 0.15) is 45.5 Å². The van der Waals surface area contributed by atoms with Gasteiger partial charge in [-0.3, -0.25) is 0 Å². The predicted octanol–water partition coefficient (Wildman–Crippen LogP) is 3.79. The molecule has 0 amide bonds. The lowest BCUT2D eigenvalue weighted by molar-refractivity contribution is 0.124. The van der Waals surface area contributed by atoms with Gasteiger partial charge in [0.15, 0.2) is 5.22 Å². The summed E-state index contributed by atoms with van der Waals surface area (Å²) in [6.07, 6.45) is 1.11. The van der Waals surface area contributed by atoms with Crippen LogP contribution in [-0.2, 0) is 0 Å². The average molecular weight is 217 g/mol. The molecule has 0 aliphatic rings. The number of rotatable bonds is 3. The molecule has 1 heterocycles. The lowest BCUT2D eigenvalue weighted by Gasteiger charge is -2.19. The molecule has 0 saturated carbocycles.